The zero-order valence-corrected chi connectivity index (χ0v) is 8.77. The Morgan fingerprint density at radius 2 is 2.08 bits per heavy atom. The highest BCUT2D eigenvalue weighted by Gasteiger charge is 2.32. The van der Waals surface area contributed by atoms with Gasteiger partial charge in [0.05, 0.1) is 0 Å². The van der Waals surface area contributed by atoms with E-state index in [0.717, 1.165) is 0 Å². The Kier molecular flexibility index (Phi) is 3.58. The lowest BCUT2D eigenvalue weighted by molar-refractivity contribution is 0.355. The van der Waals surface area contributed by atoms with Crippen molar-refractivity contribution >= 4 is 5.96 Å². The van der Waals surface area contributed by atoms with Gasteiger partial charge in [-0.15, -0.1) is 0 Å². The topological polar surface area (TPSA) is 50.4 Å². The molecule has 0 heterocycles. The average Bonchev–Trinajstić information content (AvgIpc) is 2.54. The molecule has 3 nitrogen and oxygen atoms in total. The van der Waals surface area contributed by atoms with Gasteiger partial charge in [0.15, 0.2) is 5.96 Å². The van der Waals surface area contributed by atoms with Crippen molar-refractivity contribution in [2.45, 2.75) is 51.0 Å². The molecule has 13 heavy (non-hydrogen) atoms. The fourth-order valence-corrected chi connectivity index (χ4v) is 2.30. The molecule has 0 aromatic heterocycles. The van der Waals surface area contributed by atoms with E-state index in [1.54, 1.807) is 7.05 Å². The quantitative estimate of drug-likeness (QED) is 0.516. The Bertz CT molecular complexity index is 181. The van der Waals surface area contributed by atoms with Crippen LogP contribution in [0, 0.1) is 0 Å². The van der Waals surface area contributed by atoms with Crippen LogP contribution in [-0.2, 0) is 0 Å². The lowest BCUT2D eigenvalue weighted by Crippen LogP contribution is -2.49. The Balaban J connectivity index is 2.56. The maximum atomic E-state index is 5.71. The second-order valence-corrected chi connectivity index (χ2v) is 3.97. The molecule has 0 saturated heterocycles. The Labute approximate surface area is 80.8 Å². The number of hydrogen-bond acceptors (Lipinski definition) is 1. The summed E-state index contributed by atoms with van der Waals surface area (Å²) in [5, 5.41) is 3.37. The van der Waals surface area contributed by atoms with Gasteiger partial charge >= 0.3 is 0 Å². The molecule has 1 saturated carbocycles. The van der Waals surface area contributed by atoms with Gasteiger partial charge in [0.2, 0.25) is 0 Å². The van der Waals surface area contributed by atoms with Gasteiger partial charge in [-0.05, 0) is 19.3 Å². The van der Waals surface area contributed by atoms with E-state index in [9.17, 15) is 0 Å². The van der Waals surface area contributed by atoms with E-state index >= 15 is 0 Å². The van der Waals surface area contributed by atoms with Crippen molar-refractivity contribution in [3.8, 4) is 0 Å². The molecule has 1 rings (SSSR count). The summed E-state index contributed by atoms with van der Waals surface area (Å²) in [7, 11) is 1.73. The molecule has 0 aliphatic heterocycles. The first-order valence-electron chi connectivity index (χ1n) is 5.23. The first-order chi connectivity index (χ1) is 6.22. The second-order valence-electron chi connectivity index (χ2n) is 3.97. The van der Waals surface area contributed by atoms with Crippen molar-refractivity contribution < 1.29 is 0 Å². The van der Waals surface area contributed by atoms with Crippen LogP contribution in [0.15, 0.2) is 4.99 Å². The van der Waals surface area contributed by atoms with Crippen molar-refractivity contribution in [3.05, 3.63) is 0 Å². The molecular weight excluding hydrogens is 162 g/mol. The van der Waals surface area contributed by atoms with Crippen LogP contribution in [0.3, 0.4) is 0 Å². The lowest BCUT2D eigenvalue weighted by atomic mass is 9.92. The van der Waals surface area contributed by atoms with Crippen molar-refractivity contribution in [1.82, 2.24) is 5.32 Å². The smallest absolute Gasteiger partial charge is 0.188 e. The summed E-state index contributed by atoms with van der Waals surface area (Å²) < 4.78 is 0. The number of guanidine groups is 1. The van der Waals surface area contributed by atoms with E-state index in [2.05, 4.69) is 17.2 Å². The molecule has 1 aliphatic carbocycles. The third-order valence-electron chi connectivity index (χ3n) is 2.92. The van der Waals surface area contributed by atoms with Gasteiger partial charge in [0.1, 0.15) is 0 Å². The molecule has 0 amide bonds. The van der Waals surface area contributed by atoms with Crippen LogP contribution in [0.25, 0.3) is 0 Å². The Hall–Kier alpha value is -0.730. The fourth-order valence-electron chi connectivity index (χ4n) is 2.30. The van der Waals surface area contributed by atoms with E-state index in [1.807, 2.05) is 0 Å². The maximum Gasteiger partial charge on any atom is 0.188 e. The van der Waals surface area contributed by atoms with Crippen LogP contribution in [-0.4, -0.2) is 18.5 Å². The van der Waals surface area contributed by atoms with Gasteiger partial charge in [0.25, 0.3) is 0 Å². The fraction of sp³-hybridized carbons (Fsp3) is 0.900. The zero-order chi connectivity index (χ0) is 9.73. The molecule has 3 heteroatoms. The molecule has 3 N–H and O–H groups in total. The monoisotopic (exact) mass is 183 g/mol. The normalized spacial score (nSPS) is 21.8. The van der Waals surface area contributed by atoms with Crippen LogP contribution < -0.4 is 11.1 Å². The summed E-state index contributed by atoms with van der Waals surface area (Å²) in [4.78, 5) is 3.96. The lowest BCUT2D eigenvalue weighted by Gasteiger charge is -2.30. The summed E-state index contributed by atoms with van der Waals surface area (Å²) in [6, 6.07) is 0. The highest BCUT2D eigenvalue weighted by Crippen LogP contribution is 2.33. The van der Waals surface area contributed by atoms with Gasteiger partial charge < -0.3 is 11.1 Å². The summed E-state index contributed by atoms with van der Waals surface area (Å²) in [5.74, 6) is 0.593. The molecule has 0 atom stereocenters. The predicted octanol–water partition coefficient (Wildman–Crippen LogP) is 1.63. The third-order valence-corrected chi connectivity index (χ3v) is 2.92. The van der Waals surface area contributed by atoms with Gasteiger partial charge in [-0.3, -0.25) is 4.99 Å². The van der Waals surface area contributed by atoms with Gasteiger partial charge in [-0.1, -0.05) is 26.2 Å². The minimum atomic E-state index is 0.262. The standard InChI is InChI=1S/C10H21N3/c1-3-6-10(7-4-5-8-10)13-9(11)12-2/h3-8H2,1-2H3,(H3,11,12,13). The summed E-state index contributed by atoms with van der Waals surface area (Å²) in [6.45, 7) is 2.22. The number of aliphatic imine (C=N–C) groups is 1. The van der Waals surface area contributed by atoms with Crippen LogP contribution in [0.2, 0.25) is 0 Å². The maximum absolute atomic E-state index is 5.71. The third kappa shape index (κ3) is 2.61. The molecule has 0 aromatic rings. The summed E-state index contributed by atoms with van der Waals surface area (Å²) in [6.07, 6.45) is 7.56. The van der Waals surface area contributed by atoms with Crippen molar-refractivity contribution in [3.63, 3.8) is 0 Å². The van der Waals surface area contributed by atoms with Crippen LogP contribution in [0.5, 0.6) is 0 Å². The van der Waals surface area contributed by atoms with E-state index in [0.29, 0.717) is 5.96 Å². The first kappa shape index (κ1) is 10.4. The first-order valence-corrected chi connectivity index (χ1v) is 5.23. The number of nitrogens with one attached hydrogen (secondary N) is 1. The van der Waals surface area contributed by atoms with Crippen molar-refractivity contribution in [2.24, 2.45) is 10.7 Å². The van der Waals surface area contributed by atoms with Gasteiger partial charge in [-0.2, -0.15) is 0 Å². The molecule has 0 unspecified atom stereocenters. The number of nitrogens with zero attached hydrogens (tertiary/aromatic N) is 1. The molecule has 1 fully saturated rings. The van der Waals surface area contributed by atoms with Crippen molar-refractivity contribution in [1.29, 1.82) is 0 Å². The SMILES string of the molecule is CCCC1(NC(N)=NC)CCCC1. The minimum absolute atomic E-state index is 0.262. The van der Waals surface area contributed by atoms with Crippen LogP contribution in [0.4, 0.5) is 0 Å². The van der Waals surface area contributed by atoms with E-state index in [-0.39, 0.29) is 5.54 Å². The molecule has 76 valence electrons. The van der Waals surface area contributed by atoms with Gasteiger partial charge in [0, 0.05) is 12.6 Å². The molecule has 0 bridgehead atoms. The zero-order valence-electron chi connectivity index (χ0n) is 8.77. The number of nitrogens with two attached hydrogens (primary N) is 1. The largest absolute Gasteiger partial charge is 0.370 e. The minimum Gasteiger partial charge on any atom is -0.370 e. The molecular formula is C10H21N3. The Morgan fingerprint density at radius 3 is 2.54 bits per heavy atom. The predicted molar refractivity (Wildman–Crippen MR) is 56.8 cm³/mol. The number of rotatable bonds is 3. The second kappa shape index (κ2) is 4.49. The molecule has 1 aliphatic rings. The molecule has 0 spiro atoms. The Morgan fingerprint density at radius 1 is 1.46 bits per heavy atom. The van der Waals surface area contributed by atoms with Crippen LogP contribution in [0.1, 0.15) is 45.4 Å². The van der Waals surface area contributed by atoms with Crippen molar-refractivity contribution in [2.75, 3.05) is 7.05 Å². The molecule has 0 aromatic carbocycles. The van der Waals surface area contributed by atoms with Crippen LogP contribution >= 0.6 is 0 Å². The van der Waals surface area contributed by atoms with Gasteiger partial charge in [-0.25, -0.2) is 0 Å². The molecule has 0 radical (unpaired) electrons. The highest BCUT2D eigenvalue weighted by atomic mass is 15.1. The van der Waals surface area contributed by atoms with E-state index < -0.39 is 0 Å². The average molecular weight is 183 g/mol. The number of hydrogen-bond donors (Lipinski definition) is 2. The highest BCUT2D eigenvalue weighted by molar-refractivity contribution is 5.78. The van der Waals surface area contributed by atoms with E-state index in [4.69, 9.17) is 5.73 Å². The summed E-state index contributed by atoms with van der Waals surface area (Å²) >= 11 is 0. The summed E-state index contributed by atoms with van der Waals surface area (Å²) in [5.41, 5.74) is 5.97. The van der Waals surface area contributed by atoms with E-state index in [1.165, 1.54) is 38.5 Å².